The summed E-state index contributed by atoms with van der Waals surface area (Å²) in [6.07, 6.45) is 7.53. The zero-order chi connectivity index (χ0) is 46.8. The number of piperidine rings is 2. The topological polar surface area (TPSA) is 155 Å². The van der Waals surface area contributed by atoms with Crippen molar-refractivity contribution in [3.8, 4) is 16.9 Å². The van der Waals surface area contributed by atoms with Crippen LogP contribution < -0.4 is 15.5 Å². The molecule has 0 radical (unpaired) electrons. The number of anilines is 1. The standard InChI is InChI=1S/C52H62FN7O7/c1-3-49(63)57-29-38(30-57)58-28-36-14-13-35(42-27-39(61)23-34-11-7-8-12-40(34)42)24-46(36)60(52(58)66)32-48(67-2)54-19-9-5-4-6-10-20-56-21-17-33(18-22-56)41-25-37(53)26-43-44(41)31-59(51(43)65)45-15-16-47(62)55-50(45)64/h7-8,11-14,23-27,33,38,45,48,54,61H,3-6,9-10,15-22,28-32H2,1-2H3,(H,55,62,64). The molecule has 354 valence electrons. The fourth-order valence-electron chi connectivity index (χ4n) is 10.8. The number of phenolic OH excluding ortho intramolecular Hbond substituents is 1. The monoisotopic (exact) mass is 915 g/mol. The first kappa shape index (κ1) is 46.2. The molecule has 0 aliphatic carbocycles. The van der Waals surface area contributed by atoms with E-state index in [-0.39, 0.29) is 60.8 Å². The molecule has 3 fully saturated rings. The van der Waals surface area contributed by atoms with Gasteiger partial charge in [0.25, 0.3) is 5.91 Å². The zero-order valence-electron chi connectivity index (χ0n) is 38.6. The number of carbonyl (C=O) groups is 5. The van der Waals surface area contributed by atoms with Crippen molar-refractivity contribution in [1.29, 1.82) is 0 Å². The van der Waals surface area contributed by atoms with Gasteiger partial charge in [0.15, 0.2) is 0 Å². The summed E-state index contributed by atoms with van der Waals surface area (Å²) in [5, 5.41) is 18.5. The highest BCUT2D eigenvalue weighted by Crippen LogP contribution is 2.40. The average molecular weight is 916 g/mol. The lowest BCUT2D eigenvalue weighted by atomic mass is 9.85. The first-order valence-corrected chi connectivity index (χ1v) is 24.2. The molecule has 2 atom stereocenters. The number of ether oxygens (including phenoxy) is 1. The summed E-state index contributed by atoms with van der Waals surface area (Å²) in [7, 11) is 1.66. The summed E-state index contributed by atoms with van der Waals surface area (Å²) in [4.78, 5) is 74.0. The largest absolute Gasteiger partial charge is 0.508 e. The minimum absolute atomic E-state index is 0.0649. The quantitative estimate of drug-likeness (QED) is 0.0585. The Morgan fingerprint density at radius 3 is 2.45 bits per heavy atom. The van der Waals surface area contributed by atoms with Crippen LogP contribution in [0, 0.1) is 5.82 Å². The maximum Gasteiger partial charge on any atom is 0.325 e. The Kier molecular flexibility index (Phi) is 13.9. The molecule has 4 aromatic rings. The number of urea groups is 1. The van der Waals surface area contributed by atoms with E-state index in [4.69, 9.17) is 4.74 Å². The van der Waals surface area contributed by atoms with Crippen LogP contribution >= 0.6 is 0 Å². The number of benzene rings is 4. The van der Waals surface area contributed by atoms with Gasteiger partial charge in [-0.05, 0) is 133 Å². The van der Waals surface area contributed by atoms with Gasteiger partial charge < -0.3 is 29.4 Å². The summed E-state index contributed by atoms with van der Waals surface area (Å²) in [6, 6.07) is 19.6. The number of halogens is 1. The molecule has 3 saturated heterocycles. The number of hydrogen-bond acceptors (Lipinski definition) is 9. The van der Waals surface area contributed by atoms with Crippen LogP contribution in [-0.4, -0.2) is 126 Å². The summed E-state index contributed by atoms with van der Waals surface area (Å²) in [5.74, 6) is -1.17. The third-order valence-electron chi connectivity index (χ3n) is 14.6. The number of amides is 6. The number of unbranched alkanes of at least 4 members (excludes halogenated alkanes) is 4. The number of methoxy groups -OCH3 is 1. The maximum atomic E-state index is 14.9. The van der Waals surface area contributed by atoms with Gasteiger partial charge in [0, 0.05) is 51.7 Å². The molecule has 0 bridgehead atoms. The molecule has 2 unspecified atom stereocenters. The predicted molar refractivity (Wildman–Crippen MR) is 253 cm³/mol. The van der Waals surface area contributed by atoms with Gasteiger partial charge in [-0.1, -0.05) is 62.6 Å². The van der Waals surface area contributed by atoms with Crippen molar-refractivity contribution in [1.82, 2.24) is 30.2 Å². The lowest BCUT2D eigenvalue weighted by Gasteiger charge is -2.49. The molecule has 6 amide bonds. The van der Waals surface area contributed by atoms with Crippen molar-refractivity contribution in [2.45, 2.75) is 108 Å². The van der Waals surface area contributed by atoms with Crippen LogP contribution in [0.1, 0.15) is 104 Å². The number of phenols is 1. The Morgan fingerprint density at radius 1 is 0.896 bits per heavy atom. The highest BCUT2D eigenvalue weighted by Gasteiger charge is 2.43. The van der Waals surface area contributed by atoms with E-state index in [0.717, 1.165) is 115 Å². The molecule has 4 aromatic carbocycles. The fourth-order valence-corrected chi connectivity index (χ4v) is 10.8. The van der Waals surface area contributed by atoms with Crippen molar-refractivity contribution in [3.05, 3.63) is 94.8 Å². The fraction of sp³-hybridized carbons (Fsp3) is 0.481. The summed E-state index contributed by atoms with van der Waals surface area (Å²) in [5.41, 5.74) is 5.64. The first-order chi connectivity index (χ1) is 32.5. The lowest BCUT2D eigenvalue weighted by Crippen LogP contribution is -2.65. The molecule has 15 heteroatoms. The molecule has 14 nitrogen and oxygen atoms in total. The molecule has 0 aromatic heterocycles. The SMILES string of the molecule is CCC(=O)N1CC(N2Cc3ccc(-c4cc(O)cc5ccccc45)cc3N(CC(NCCCCCCCN3CCC(c4cc(F)cc5c4CN(C4CCC(=O)NC4=O)C5=O)CC3)OC)C2=O)C1. The van der Waals surface area contributed by atoms with Crippen LogP contribution in [0.3, 0.4) is 0 Å². The van der Waals surface area contributed by atoms with Gasteiger partial charge in [-0.15, -0.1) is 0 Å². The second-order valence-corrected chi connectivity index (χ2v) is 18.9. The zero-order valence-corrected chi connectivity index (χ0v) is 38.6. The number of likely N-dealkylation sites (tertiary alicyclic amines) is 2. The molecular weight excluding hydrogens is 854 g/mol. The van der Waals surface area contributed by atoms with E-state index >= 15 is 0 Å². The van der Waals surface area contributed by atoms with Crippen molar-refractivity contribution >= 4 is 46.1 Å². The third-order valence-corrected chi connectivity index (χ3v) is 14.6. The Morgan fingerprint density at radius 2 is 1.67 bits per heavy atom. The van der Waals surface area contributed by atoms with E-state index < -0.39 is 24.0 Å². The first-order valence-electron chi connectivity index (χ1n) is 24.2. The van der Waals surface area contributed by atoms with Gasteiger partial charge in [-0.3, -0.25) is 34.7 Å². The van der Waals surface area contributed by atoms with Gasteiger partial charge in [0.05, 0.1) is 18.3 Å². The highest BCUT2D eigenvalue weighted by atomic mass is 19.1. The molecule has 0 saturated carbocycles. The number of hydrogen-bond donors (Lipinski definition) is 3. The van der Waals surface area contributed by atoms with Crippen LogP contribution in [0.4, 0.5) is 14.9 Å². The second-order valence-electron chi connectivity index (χ2n) is 18.9. The lowest BCUT2D eigenvalue weighted by molar-refractivity contribution is -0.138. The van der Waals surface area contributed by atoms with E-state index in [1.54, 1.807) is 25.3 Å². The van der Waals surface area contributed by atoms with Crippen LogP contribution in [0.2, 0.25) is 0 Å². The second kappa shape index (κ2) is 20.1. The van der Waals surface area contributed by atoms with Crippen molar-refractivity contribution in [3.63, 3.8) is 0 Å². The van der Waals surface area contributed by atoms with E-state index in [1.165, 1.54) is 11.0 Å². The van der Waals surface area contributed by atoms with Crippen LogP contribution in [-0.2, 0) is 32.2 Å². The van der Waals surface area contributed by atoms with Crippen LogP contribution in [0.25, 0.3) is 21.9 Å². The van der Waals surface area contributed by atoms with Crippen molar-refractivity contribution in [2.24, 2.45) is 0 Å². The number of carbonyl (C=O) groups excluding carboxylic acids is 5. The number of nitrogens with one attached hydrogen (secondary N) is 2. The van der Waals surface area contributed by atoms with E-state index in [9.17, 15) is 33.5 Å². The van der Waals surface area contributed by atoms with Gasteiger partial charge in [-0.2, -0.15) is 0 Å². The van der Waals surface area contributed by atoms with Crippen LogP contribution in [0.15, 0.2) is 66.7 Å². The van der Waals surface area contributed by atoms with Gasteiger partial charge in [-0.25, -0.2) is 9.18 Å². The molecule has 3 N–H and O–H groups in total. The van der Waals surface area contributed by atoms with Crippen LogP contribution in [0.5, 0.6) is 5.75 Å². The summed E-state index contributed by atoms with van der Waals surface area (Å²) >= 11 is 0. The van der Waals surface area contributed by atoms with E-state index in [0.29, 0.717) is 38.2 Å². The molecule has 67 heavy (non-hydrogen) atoms. The molecule has 0 spiro atoms. The van der Waals surface area contributed by atoms with Gasteiger partial charge in [0.2, 0.25) is 17.7 Å². The highest BCUT2D eigenvalue weighted by molar-refractivity contribution is 6.06. The number of nitrogens with zero attached hydrogens (tertiary/aromatic N) is 5. The number of aromatic hydroxyl groups is 1. The number of imide groups is 1. The minimum Gasteiger partial charge on any atom is -0.508 e. The Labute approximate surface area is 391 Å². The molecular formula is C52H62FN7O7. The molecule has 5 aliphatic rings. The summed E-state index contributed by atoms with van der Waals surface area (Å²) in [6.45, 7) is 7.44. The van der Waals surface area contributed by atoms with E-state index in [2.05, 4.69) is 27.7 Å². The van der Waals surface area contributed by atoms with Crippen molar-refractivity contribution in [2.75, 3.05) is 57.8 Å². The minimum atomic E-state index is -0.726. The van der Waals surface area contributed by atoms with Gasteiger partial charge >= 0.3 is 6.03 Å². The maximum absolute atomic E-state index is 14.9. The number of fused-ring (bicyclic) bond motifs is 3. The third kappa shape index (κ3) is 9.77. The van der Waals surface area contributed by atoms with E-state index in [1.807, 2.05) is 52.0 Å². The molecule has 9 rings (SSSR count). The average Bonchev–Trinajstić information content (AvgIpc) is 3.64. The van der Waals surface area contributed by atoms with Gasteiger partial charge in [0.1, 0.15) is 23.8 Å². The normalized spacial score (nSPS) is 19.8. The summed E-state index contributed by atoms with van der Waals surface area (Å²) < 4.78 is 20.9. The molecule has 5 aliphatic heterocycles. The van der Waals surface area contributed by atoms with Crippen molar-refractivity contribution < 1.29 is 38.2 Å². The number of rotatable bonds is 17. The predicted octanol–water partition coefficient (Wildman–Crippen LogP) is 6.87. The Bertz CT molecular complexity index is 2540. The molecule has 5 heterocycles. The Balaban J connectivity index is 0.749. The Hall–Kier alpha value is -5.90. The smallest absolute Gasteiger partial charge is 0.325 e.